The first-order chi connectivity index (χ1) is 12.2. The number of rotatable bonds is 4. The van der Waals surface area contributed by atoms with E-state index in [-0.39, 0.29) is 24.2 Å². The molecule has 25 heavy (non-hydrogen) atoms. The summed E-state index contributed by atoms with van der Waals surface area (Å²) in [7, 11) is 0. The Morgan fingerprint density at radius 3 is 2.92 bits per heavy atom. The van der Waals surface area contributed by atoms with Crippen LogP contribution in [0.15, 0.2) is 48.5 Å². The summed E-state index contributed by atoms with van der Waals surface area (Å²) >= 11 is 0. The fourth-order valence-electron chi connectivity index (χ4n) is 3.39. The van der Waals surface area contributed by atoms with Gasteiger partial charge < -0.3 is 19.5 Å². The Labute approximate surface area is 146 Å². The normalized spacial score (nSPS) is 24.8. The number of nitrogens with one attached hydrogen (secondary N) is 1. The maximum absolute atomic E-state index is 12.8. The number of aryl methyl sites for hydroxylation is 1. The van der Waals surface area contributed by atoms with Crippen LogP contribution in [0.1, 0.15) is 22.3 Å². The van der Waals surface area contributed by atoms with Gasteiger partial charge in [0.25, 0.3) is 5.91 Å². The summed E-state index contributed by atoms with van der Waals surface area (Å²) in [5.74, 6) is 1.07. The van der Waals surface area contributed by atoms with Crippen LogP contribution in [0.5, 0.6) is 11.5 Å². The Morgan fingerprint density at radius 2 is 2.04 bits per heavy atom. The van der Waals surface area contributed by atoms with E-state index in [9.17, 15) is 4.79 Å². The second-order valence-corrected chi connectivity index (χ2v) is 6.49. The van der Waals surface area contributed by atoms with Crippen molar-refractivity contribution in [1.29, 1.82) is 0 Å². The first-order valence-electron chi connectivity index (χ1n) is 8.58. The van der Waals surface area contributed by atoms with E-state index in [1.807, 2.05) is 43.3 Å². The van der Waals surface area contributed by atoms with Crippen molar-refractivity contribution in [2.45, 2.75) is 31.6 Å². The van der Waals surface area contributed by atoms with Crippen LogP contribution in [0.4, 0.5) is 0 Å². The predicted molar refractivity (Wildman–Crippen MR) is 93.0 cm³/mol. The molecule has 5 nitrogen and oxygen atoms in total. The minimum atomic E-state index is -0.173. The molecule has 5 heteroatoms. The molecule has 0 aliphatic carbocycles. The first-order valence-corrected chi connectivity index (χ1v) is 8.58. The van der Waals surface area contributed by atoms with Crippen molar-refractivity contribution in [1.82, 2.24) is 5.32 Å². The molecule has 0 aromatic heterocycles. The Bertz CT molecular complexity index is 776. The number of ether oxygens (including phenoxy) is 3. The maximum atomic E-state index is 12.8. The molecule has 2 aliphatic rings. The van der Waals surface area contributed by atoms with Crippen molar-refractivity contribution in [3.63, 3.8) is 0 Å². The zero-order valence-corrected chi connectivity index (χ0v) is 14.1. The van der Waals surface area contributed by atoms with E-state index < -0.39 is 0 Å². The van der Waals surface area contributed by atoms with Gasteiger partial charge in [0.15, 0.2) is 0 Å². The molecule has 130 valence electrons. The predicted octanol–water partition coefficient (Wildman–Crippen LogP) is 3.07. The van der Waals surface area contributed by atoms with E-state index in [0.29, 0.717) is 30.3 Å². The van der Waals surface area contributed by atoms with Gasteiger partial charge in [-0.15, -0.1) is 0 Å². The maximum Gasteiger partial charge on any atom is 0.255 e. The van der Waals surface area contributed by atoms with Crippen LogP contribution in [0.25, 0.3) is 0 Å². The van der Waals surface area contributed by atoms with Gasteiger partial charge in [0, 0.05) is 6.61 Å². The highest BCUT2D eigenvalue weighted by atomic mass is 16.6. The third-order valence-corrected chi connectivity index (χ3v) is 4.63. The molecular formula is C20H21NO4. The smallest absolute Gasteiger partial charge is 0.255 e. The molecule has 0 radical (unpaired) electrons. The number of carbonyl (C=O) groups is 1. The van der Waals surface area contributed by atoms with Gasteiger partial charge in [0.1, 0.15) is 17.6 Å². The Balaban J connectivity index is 1.51. The zero-order chi connectivity index (χ0) is 17.2. The van der Waals surface area contributed by atoms with Crippen molar-refractivity contribution in [2.24, 2.45) is 0 Å². The molecule has 2 fully saturated rings. The molecule has 0 saturated carbocycles. The average Bonchev–Trinajstić information content (AvgIpc) is 3.20. The fourth-order valence-corrected chi connectivity index (χ4v) is 3.39. The average molecular weight is 339 g/mol. The summed E-state index contributed by atoms with van der Waals surface area (Å²) in [6.45, 7) is 3.18. The molecule has 0 unspecified atom stereocenters. The first kappa shape index (κ1) is 16.1. The molecule has 1 N–H and O–H groups in total. The lowest BCUT2D eigenvalue weighted by Gasteiger charge is -2.18. The van der Waals surface area contributed by atoms with E-state index >= 15 is 0 Å². The van der Waals surface area contributed by atoms with Gasteiger partial charge in [0.05, 0.1) is 24.3 Å². The summed E-state index contributed by atoms with van der Waals surface area (Å²) < 4.78 is 17.3. The molecule has 2 aromatic rings. The molecule has 2 heterocycles. The van der Waals surface area contributed by atoms with Crippen molar-refractivity contribution >= 4 is 5.91 Å². The van der Waals surface area contributed by atoms with Gasteiger partial charge >= 0.3 is 0 Å². The molecule has 0 spiro atoms. The number of amides is 1. The summed E-state index contributed by atoms with van der Waals surface area (Å²) in [6, 6.07) is 14.9. The molecule has 4 rings (SSSR count). The van der Waals surface area contributed by atoms with Crippen LogP contribution < -0.4 is 10.1 Å². The fraction of sp³-hybridized carbons (Fsp3) is 0.350. The number of carbonyl (C=O) groups excluding carboxylic acids is 1. The monoisotopic (exact) mass is 339 g/mol. The lowest BCUT2D eigenvalue weighted by atomic mass is 10.1. The standard InChI is InChI=1S/C20H21NO4/c1-13-5-4-6-14(11-13)25-17-8-3-2-7-15(17)20(22)21-16-12-24-18-9-10-23-19(16)18/h2-8,11,16,18-19H,9-10,12H2,1H3,(H,21,22)/t16-,18+,19+/m0/s1. The number of hydrogen-bond donors (Lipinski definition) is 1. The van der Waals surface area contributed by atoms with Gasteiger partial charge in [-0.1, -0.05) is 24.3 Å². The molecule has 2 aliphatic heterocycles. The van der Waals surface area contributed by atoms with Crippen LogP contribution in [0.2, 0.25) is 0 Å². The van der Waals surface area contributed by atoms with Gasteiger partial charge in [-0.3, -0.25) is 4.79 Å². The van der Waals surface area contributed by atoms with Crippen LogP contribution in [0, 0.1) is 6.92 Å². The van der Waals surface area contributed by atoms with Gasteiger partial charge in [-0.25, -0.2) is 0 Å². The highest BCUT2D eigenvalue weighted by molar-refractivity contribution is 5.97. The van der Waals surface area contributed by atoms with E-state index in [1.54, 1.807) is 12.1 Å². The quantitative estimate of drug-likeness (QED) is 0.930. The molecular weight excluding hydrogens is 318 g/mol. The number of fused-ring (bicyclic) bond motifs is 1. The number of hydrogen-bond acceptors (Lipinski definition) is 4. The SMILES string of the molecule is Cc1cccc(Oc2ccccc2C(=O)N[C@H]2CO[C@@H]3CCO[C@H]23)c1. The molecule has 0 bridgehead atoms. The van der Waals surface area contributed by atoms with Crippen molar-refractivity contribution in [2.75, 3.05) is 13.2 Å². The third-order valence-electron chi connectivity index (χ3n) is 4.63. The zero-order valence-electron chi connectivity index (χ0n) is 14.1. The van der Waals surface area contributed by atoms with Crippen molar-refractivity contribution in [3.8, 4) is 11.5 Å². The van der Waals surface area contributed by atoms with Gasteiger partial charge in [-0.05, 0) is 43.2 Å². The molecule has 2 aromatic carbocycles. The van der Waals surface area contributed by atoms with Crippen LogP contribution >= 0.6 is 0 Å². The number of benzene rings is 2. The summed E-state index contributed by atoms with van der Waals surface area (Å²) in [6.07, 6.45) is 0.947. The van der Waals surface area contributed by atoms with E-state index in [1.165, 1.54) is 0 Å². The van der Waals surface area contributed by atoms with Crippen LogP contribution in [0.3, 0.4) is 0 Å². The summed E-state index contributed by atoms with van der Waals surface area (Å²) in [5, 5.41) is 3.04. The Kier molecular flexibility index (Phi) is 4.42. The van der Waals surface area contributed by atoms with E-state index in [4.69, 9.17) is 14.2 Å². The second-order valence-electron chi connectivity index (χ2n) is 6.49. The van der Waals surface area contributed by atoms with Crippen LogP contribution in [-0.4, -0.2) is 37.4 Å². The molecule has 1 amide bonds. The molecule has 2 saturated heterocycles. The summed E-state index contributed by atoms with van der Waals surface area (Å²) in [5.41, 5.74) is 1.61. The third kappa shape index (κ3) is 3.38. The minimum absolute atomic E-state index is 0.0474. The topological polar surface area (TPSA) is 56.8 Å². The molecule has 3 atom stereocenters. The van der Waals surface area contributed by atoms with E-state index in [0.717, 1.165) is 12.0 Å². The highest BCUT2D eigenvalue weighted by Gasteiger charge is 2.42. The Hall–Kier alpha value is -2.37. The van der Waals surface area contributed by atoms with Crippen LogP contribution in [-0.2, 0) is 9.47 Å². The Morgan fingerprint density at radius 1 is 1.16 bits per heavy atom. The number of para-hydroxylation sites is 1. The van der Waals surface area contributed by atoms with Gasteiger partial charge in [0.2, 0.25) is 0 Å². The van der Waals surface area contributed by atoms with E-state index in [2.05, 4.69) is 5.32 Å². The largest absolute Gasteiger partial charge is 0.457 e. The highest BCUT2D eigenvalue weighted by Crippen LogP contribution is 2.28. The lowest BCUT2D eigenvalue weighted by Crippen LogP contribution is -2.43. The van der Waals surface area contributed by atoms with Gasteiger partial charge in [-0.2, -0.15) is 0 Å². The second kappa shape index (κ2) is 6.86. The lowest BCUT2D eigenvalue weighted by molar-refractivity contribution is 0.0655. The summed E-state index contributed by atoms with van der Waals surface area (Å²) in [4.78, 5) is 12.8. The minimum Gasteiger partial charge on any atom is -0.457 e. The van der Waals surface area contributed by atoms with Crippen molar-refractivity contribution < 1.29 is 19.0 Å². The van der Waals surface area contributed by atoms with Crippen molar-refractivity contribution in [3.05, 3.63) is 59.7 Å².